The molecule has 0 spiro atoms. The lowest BCUT2D eigenvalue weighted by molar-refractivity contribution is 0.657. The molecule has 0 aliphatic heterocycles. The highest BCUT2D eigenvalue weighted by Crippen LogP contribution is 2.12. The van der Waals surface area contributed by atoms with Crippen molar-refractivity contribution in [3.63, 3.8) is 0 Å². The summed E-state index contributed by atoms with van der Waals surface area (Å²) < 4.78 is 1.86. The van der Waals surface area contributed by atoms with Crippen molar-refractivity contribution < 1.29 is 0 Å². The smallest absolute Gasteiger partial charge is 0.147 e. The molecular weight excluding hydrogens is 188 g/mol. The highest BCUT2D eigenvalue weighted by atomic mass is 15.3. The van der Waals surface area contributed by atoms with Gasteiger partial charge in [-0.25, -0.2) is 9.67 Å². The predicted molar refractivity (Wildman–Crippen MR) is 59.5 cm³/mol. The quantitative estimate of drug-likeness (QED) is 0.751. The third-order valence-corrected chi connectivity index (χ3v) is 2.34. The van der Waals surface area contributed by atoms with E-state index in [4.69, 9.17) is 5.73 Å². The Morgan fingerprint density at radius 3 is 2.60 bits per heavy atom. The van der Waals surface area contributed by atoms with Crippen LogP contribution in [0.2, 0.25) is 0 Å². The van der Waals surface area contributed by atoms with Crippen molar-refractivity contribution in [3.05, 3.63) is 41.5 Å². The maximum absolute atomic E-state index is 5.86. The van der Waals surface area contributed by atoms with E-state index >= 15 is 0 Å². The number of rotatable bonds is 2. The van der Waals surface area contributed by atoms with E-state index in [9.17, 15) is 0 Å². The molecule has 2 N–H and O–H groups in total. The van der Waals surface area contributed by atoms with Crippen LogP contribution in [0, 0.1) is 13.8 Å². The number of aromatic nitrogens is 3. The molecule has 0 bridgehead atoms. The van der Waals surface area contributed by atoms with Gasteiger partial charge in [-0.2, -0.15) is 5.10 Å². The number of nitrogen functional groups attached to an aromatic ring is 1. The fourth-order valence-electron chi connectivity index (χ4n) is 1.55. The molecule has 0 atom stereocenters. The fourth-order valence-corrected chi connectivity index (χ4v) is 1.55. The minimum absolute atomic E-state index is 0.680. The molecule has 0 radical (unpaired) electrons. The molecule has 1 aromatic heterocycles. The number of benzene rings is 1. The molecule has 0 unspecified atom stereocenters. The van der Waals surface area contributed by atoms with Gasteiger partial charge in [-0.05, 0) is 25.5 Å². The second kappa shape index (κ2) is 3.73. The van der Waals surface area contributed by atoms with Gasteiger partial charge in [0.2, 0.25) is 0 Å². The first kappa shape index (κ1) is 9.71. The van der Waals surface area contributed by atoms with Gasteiger partial charge in [-0.3, -0.25) is 0 Å². The molecule has 78 valence electrons. The zero-order chi connectivity index (χ0) is 10.8. The van der Waals surface area contributed by atoms with Gasteiger partial charge in [0.25, 0.3) is 0 Å². The molecule has 15 heavy (non-hydrogen) atoms. The Morgan fingerprint density at radius 1 is 1.27 bits per heavy atom. The summed E-state index contributed by atoms with van der Waals surface area (Å²) in [6.07, 6.45) is 0. The van der Waals surface area contributed by atoms with Crippen molar-refractivity contribution >= 4 is 5.69 Å². The summed E-state index contributed by atoms with van der Waals surface area (Å²) in [4.78, 5) is 4.25. The fraction of sp³-hybridized carbons (Fsp3) is 0.273. The summed E-state index contributed by atoms with van der Waals surface area (Å²) in [5, 5.41) is 4.30. The van der Waals surface area contributed by atoms with Crippen LogP contribution in [0.25, 0.3) is 0 Å². The van der Waals surface area contributed by atoms with Crippen LogP contribution in [0.5, 0.6) is 0 Å². The second-order valence-corrected chi connectivity index (χ2v) is 3.56. The van der Waals surface area contributed by atoms with Crippen molar-refractivity contribution in [2.75, 3.05) is 5.73 Å². The van der Waals surface area contributed by atoms with Gasteiger partial charge in [0, 0.05) is 5.69 Å². The molecule has 4 nitrogen and oxygen atoms in total. The van der Waals surface area contributed by atoms with Crippen molar-refractivity contribution in [2.24, 2.45) is 0 Å². The van der Waals surface area contributed by atoms with Crippen molar-refractivity contribution in [2.45, 2.75) is 20.4 Å². The van der Waals surface area contributed by atoms with Crippen LogP contribution in [0.15, 0.2) is 24.3 Å². The highest BCUT2D eigenvalue weighted by molar-refractivity contribution is 5.46. The molecule has 0 fully saturated rings. The zero-order valence-corrected chi connectivity index (χ0v) is 8.94. The van der Waals surface area contributed by atoms with Gasteiger partial charge < -0.3 is 5.73 Å². The number of para-hydroxylation sites is 1. The van der Waals surface area contributed by atoms with Gasteiger partial charge in [0.1, 0.15) is 11.6 Å². The van der Waals surface area contributed by atoms with Crippen molar-refractivity contribution in [1.82, 2.24) is 14.8 Å². The topological polar surface area (TPSA) is 56.7 Å². The minimum Gasteiger partial charge on any atom is -0.398 e. The summed E-state index contributed by atoms with van der Waals surface area (Å²) >= 11 is 0. The van der Waals surface area contributed by atoms with E-state index in [1.807, 2.05) is 42.8 Å². The predicted octanol–water partition coefficient (Wildman–Crippen LogP) is 1.53. The van der Waals surface area contributed by atoms with E-state index in [-0.39, 0.29) is 0 Å². The lowest BCUT2D eigenvalue weighted by atomic mass is 10.2. The third-order valence-electron chi connectivity index (χ3n) is 2.34. The highest BCUT2D eigenvalue weighted by Gasteiger charge is 2.04. The Labute approximate surface area is 88.8 Å². The molecule has 0 aliphatic carbocycles. The molecule has 1 aromatic carbocycles. The van der Waals surface area contributed by atoms with Gasteiger partial charge in [0.05, 0.1) is 6.54 Å². The Kier molecular flexibility index (Phi) is 2.41. The van der Waals surface area contributed by atoms with Gasteiger partial charge in [0.15, 0.2) is 0 Å². The average Bonchev–Trinajstić information content (AvgIpc) is 2.49. The zero-order valence-electron chi connectivity index (χ0n) is 8.94. The molecule has 0 saturated carbocycles. The second-order valence-electron chi connectivity index (χ2n) is 3.56. The Morgan fingerprint density at radius 2 is 2.00 bits per heavy atom. The van der Waals surface area contributed by atoms with Gasteiger partial charge in [-0.15, -0.1) is 0 Å². The maximum Gasteiger partial charge on any atom is 0.147 e. The molecule has 2 rings (SSSR count). The molecule has 0 amide bonds. The van der Waals surface area contributed by atoms with Crippen LogP contribution in [-0.2, 0) is 6.54 Å². The molecule has 2 aromatic rings. The number of aryl methyl sites for hydroxylation is 2. The number of hydrogen-bond donors (Lipinski definition) is 1. The molecule has 0 aliphatic rings. The summed E-state index contributed by atoms with van der Waals surface area (Å²) in [6.45, 7) is 4.51. The van der Waals surface area contributed by atoms with E-state index in [1.54, 1.807) is 0 Å². The van der Waals surface area contributed by atoms with E-state index in [1.165, 1.54) is 0 Å². The largest absolute Gasteiger partial charge is 0.398 e. The first-order valence-electron chi connectivity index (χ1n) is 4.88. The number of nitrogens with zero attached hydrogens (tertiary/aromatic N) is 3. The maximum atomic E-state index is 5.86. The van der Waals surface area contributed by atoms with Gasteiger partial charge in [-0.1, -0.05) is 18.2 Å². The van der Waals surface area contributed by atoms with Crippen LogP contribution in [0.3, 0.4) is 0 Å². The van der Waals surface area contributed by atoms with Crippen molar-refractivity contribution in [1.29, 1.82) is 0 Å². The lowest BCUT2D eigenvalue weighted by Gasteiger charge is -2.05. The number of hydrogen-bond acceptors (Lipinski definition) is 3. The number of nitrogens with two attached hydrogens (primary N) is 1. The molecule has 1 heterocycles. The van der Waals surface area contributed by atoms with Crippen LogP contribution < -0.4 is 5.73 Å². The van der Waals surface area contributed by atoms with Crippen LogP contribution in [-0.4, -0.2) is 14.8 Å². The Hall–Kier alpha value is -1.84. The van der Waals surface area contributed by atoms with Crippen LogP contribution in [0.4, 0.5) is 5.69 Å². The van der Waals surface area contributed by atoms with Gasteiger partial charge >= 0.3 is 0 Å². The molecule has 0 saturated heterocycles. The summed E-state index contributed by atoms with van der Waals surface area (Å²) in [5.41, 5.74) is 7.73. The lowest BCUT2D eigenvalue weighted by Crippen LogP contribution is -2.06. The van der Waals surface area contributed by atoms with E-state index in [0.29, 0.717) is 6.54 Å². The Bertz CT molecular complexity index is 473. The minimum atomic E-state index is 0.680. The van der Waals surface area contributed by atoms with Crippen molar-refractivity contribution in [3.8, 4) is 0 Å². The van der Waals surface area contributed by atoms with Crippen LogP contribution in [0.1, 0.15) is 17.2 Å². The third kappa shape index (κ3) is 1.98. The Balaban J connectivity index is 2.29. The normalized spacial score (nSPS) is 10.5. The number of anilines is 1. The first-order chi connectivity index (χ1) is 7.16. The SMILES string of the molecule is Cc1nc(C)n(Cc2ccccc2N)n1. The summed E-state index contributed by atoms with van der Waals surface area (Å²) in [5.74, 6) is 1.71. The van der Waals surface area contributed by atoms with E-state index in [2.05, 4.69) is 10.1 Å². The average molecular weight is 202 g/mol. The monoisotopic (exact) mass is 202 g/mol. The standard InChI is InChI=1S/C11H14N4/c1-8-13-9(2)15(14-8)7-10-5-3-4-6-11(10)12/h3-6H,7,12H2,1-2H3. The summed E-state index contributed by atoms with van der Waals surface area (Å²) in [6, 6.07) is 7.81. The van der Waals surface area contributed by atoms with Crippen LogP contribution >= 0.6 is 0 Å². The molecular formula is C11H14N4. The first-order valence-corrected chi connectivity index (χ1v) is 4.88. The summed E-state index contributed by atoms with van der Waals surface area (Å²) in [7, 11) is 0. The van der Waals surface area contributed by atoms with E-state index in [0.717, 1.165) is 22.9 Å². The molecule has 4 heteroatoms. The van der Waals surface area contributed by atoms with E-state index < -0.39 is 0 Å².